The summed E-state index contributed by atoms with van der Waals surface area (Å²) in [7, 11) is 1.70. The molecule has 1 heterocycles. The highest BCUT2D eigenvalue weighted by Crippen LogP contribution is 2.28. The second kappa shape index (κ2) is 9.33. The topological polar surface area (TPSA) is 67.4 Å². The molecule has 3 rings (SSSR count). The minimum Gasteiger partial charge on any atom is -0.384 e. The first kappa shape index (κ1) is 21.2. The molecular weight excluding hydrogens is 364 g/mol. The van der Waals surface area contributed by atoms with Crippen LogP contribution in [0.4, 0.5) is 0 Å². The molecule has 2 N–H and O–H groups in total. The molecule has 5 nitrogen and oxygen atoms in total. The van der Waals surface area contributed by atoms with Crippen LogP contribution < -0.4 is 10.6 Å². The molecule has 0 unspecified atom stereocenters. The van der Waals surface area contributed by atoms with Crippen molar-refractivity contribution >= 4 is 11.7 Å². The zero-order valence-corrected chi connectivity index (χ0v) is 17.5. The zero-order valence-electron chi connectivity index (χ0n) is 17.5. The largest absolute Gasteiger partial charge is 0.384 e. The van der Waals surface area contributed by atoms with E-state index in [0.29, 0.717) is 29.8 Å². The summed E-state index contributed by atoms with van der Waals surface area (Å²) in [6.07, 6.45) is 1.90. The molecule has 0 aromatic heterocycles. The Kier molecular flexibility index (Phi) is 6.83. The molecule has 154 valence electrons. The van der Waals surface area contributed by atoms with Crippen molar-refractivity contribution < 1.29 is 14.3 Å². The van der Waals surface area contributed by atoms with E-state index in [1.807, 2.05) is 32.0 Å². The van der Waals surface area contributed by atoms with Crippen LogP contribution in [0.25, 0.3) is 0 Å². The first-order valence-corrected chi connectivity index (χ1v) is 10.1. The van der Waals surface area contributed by atoms with E-state index < -0.39 is 0 Å². The highest BCUT2D eigenvalue weighted by atomic mass is 16.5. The van der Waals surface area contributed by atoms with Crippen molar-refractivity contribution in [3.05, 3.63) is 70.3 Å². The molecule has 0 spiro atoms. The molecule has 0 radical (unpaired) electrons. The number of rotatable bonds is 7. The first-order chi connectivity index (χ1) is 14.0. The summed E-state index contributed by atoms with van der Waals surface area (Å²) in [6, 6.07) is 12.7. The van der Waals surface area contributed by atoms with Crippen LogP contribution in [-0.4, -0.2) is 45.0 Å². The molecule has 0 atom stereocenters. The van der Waals surface area contributed by atoms with Gasteiger partial charge in [-0.3, -0.25) is 9.59 Å². The molecule has 2 aromatic rings. The average molecular weight is 395 g/mol. The van der Waals surface area contributed by atoms with Crippen LogP contribution in [0.1, 0.15) is 50.2 Å². The standard InChI is InChI=1S/C24H30N2O3/c1-17-8-9-19(14-18(17)2)22(27)20-6-4-5-7-21(20)23(28)26-15-24(16-29-3)10-12-25-13-11-24/h4-9,14,25H,10-13,15-16H2,1-3H3,(H,26,28). The predicted molar refractivity (Wildman–Crippen MR) is 115 cm³/mol. The Morgan fingerprint density at radius 1 is 1.03 bits per heavy atom. The second-order valence-electron chi connectivity index (χ2n) is 8.04. The number of ketones is 1. The van der Waals surface area contributed by atoms with Crippen LogP contribution in [0.15, 0.2) is 42.5 Å². The van der Waals surface area contributed by atoms with Crippen LogP contribution >= 0.6 is 0 Å². The van der Waals surface area contributed by atoms with Crippen molar-refractivity contribution in [1.82, 2.24) is 10.6 Å². The monoisotopic (exact) mass is 394 g/mol. The maximum absolute atomic E-state index is 13.1. The predicted octanol–water partition coefficient (Wildman–Crippen LogP) is 3.28. The van der Waals surface area contributed by atoms with E-state index in [2.05, 4.69) is 10.6 Å². The summed E-state index contributed by atoms with van der Waals surface area (Å²) in [4.78, 5) is 26.1. The summed E-state index contributed by atoms with van der Waals surface area (Å²) < 4.78 is 5.43. The molecule has 1 saturated heterocycles. The number of hydrogen-bond acceptors (Lipinski definition) is 4. The lowest BCUT2D eigenvalue weighted by Gasteiger charge is -2.37. The Hall–Kier alpha value is -2.50. The molecule has 0 saturated carbocycles. The Bertz CT molecular complexity index is 880. The highest BCUT2D eigenvalue weighted by Gasteiger charge is 2.33. The third-order valence-corrected chi connectivity index (χ3v) is 5.92. The Balaban J connectivity index is 1.79. The minimum atomic E-state index is -0.216. The van der Waals surface area contributed by atoms with Gasteiger partial charge >= 0.3 is 0 Å². The number of amides is 1. The SMILES string of the molecule is COCC1(CNC(=O)c2ccccc2C(=O)c2ccc(C)c(C)c2)CCNCC1. The van der Waals surface area contributed by atoms with E-state index in [1.165, 1.54) is 0 Å². The lowest BCUT2D eigenvalue weighted by molar-refractivity contribution is 0.0511. The van der Waals surface area contributed by atoms with Gasteiger partial charge in [0.15, 0.2) is 5.78 Å². The van der Waals surface area contributed by atoms with Gasteiger partial charge < -0.3 is 15.4 Å². The Morgan fingerprint density at radius 2 is 1.72 bits per heavy atom. The molecule has 1 fully saturated rings. The lowest BCUT2D eigenvalue weighted by Crippen LogP contribution is -2.47. The van der Waals surface area contributed by atoms with Gasteiger partial charge in [-0.1, -0.05) is 30.3 Å². The smallest absolute Gasteiger partial charge is 0.252 e. The van der Waals surface area contributed by atoms with E-state index in [0.717, 1.165) is 37.1 Å². The summed E-state index contributed by atoms with van der Waals surface area (Å²) in [6.45, 7) is 6.98. The van der Waals surface area contributed by atoms with Gasteiger partial charge in [-0.15, -0.1) is 0 Å². The van der Waals surface area contributed by atoms with Crippen LogP contribution in [0.5, 0.6) is 0 Å². The van der Waals surface area contributed by atoms with Crippen LogP contribution in [0, 0.1) is 19.3 Å². The highest BCUT2D eigenvalue weighted by molar-refractivity contribution is 6.15. The maximum Gasteiger partial charge on any atom is 0.252 e. The molecule has 1 amide bonds. The van der Waals surface area contributed by atoms with Gasteiger partial charge in [0.25, 0.3) is 5.91 Å². The number of benzene rings is 2. The van der Waals surface area contributed by atoms with Crippen LogP contribution in [0.2, 0.25) is 0 Å². The fraction of sp³-hybridized carbons (Fsp3) is 0.417. The van der Waals surface area contributed by atoms with Gasteiger partial charge in [0.2, 0.25) is 0 Å². The molecule has 0 bridgehead atoms. The van der Waals surface area contributed by atoms with E-state index in [4.69, 9.17) is 4.74 Å². The van der Waals surface area contributed by atoms with Crippen LogP contribution in [-0.2, 0) is 4.74 Å². The molecular formula is C24H30N2O3. The van der Waals surface area contributed by atoms with Gasteiger partial charge in [0.05, 0.1) is 12.2 Å². The fourth-order valence-corrected chi connectivity index (χ4v) is 3.92. The lowest BCUT2D eigenvalue weighted by atomic mass is 9.79. The maximum atomic E-state index is 13.1. The van der Waals surface area contributed by atoms with Gasteiger partial charge in [0, 0.05) is 30.2 Å². The van der Waals surface area contributed by atoms with E-state index >= 15 is 0 Å². The van der Waals surface area contributed by atoms with Crippen molar-refractivity contribution in [2.45, 2.75) is 26.7 Å². The Labute approximate surface area is 172 Å². The summed E-state index contributed by atoms with van der Waals surface area (Å²) in [5.74, 6) is -0.348. The number of nitrogens with one attached hydrogen (secondary N) is 2. The van der Waals surface area contributed by atoms with Crippen molar-refractivity contribution in [2.24, 2.45) is 5.41 Å². The first-order valence-electron chi connectivity index (χ1n) is 10.1. The van der Waals surface area contributed by atoms with Gasteiger partial charge in [0.1, 0.15) is 0 Å². The third-order valence-electron chi connectivity index (χ3n) is 5.92. The van der Waals surface area contributed by atoms with Crippen molar-refractivity contribution in [2.75, 3.05) is 33.4 Å². The summed E-state index contributed by atoms with van der Waals surface area (Å²) >= 11 is 0. The molecule has 1 aliphatic rings. The third kappa shape index (κ3) is 4.92. The second-order valence-corrected chi connectivity index (χ2v) is 8.04. The summed E-state index contributed by atoms with van der Waals surface area (Å²) in [5.41, 5.74) is 3.57. The average Bonchev–Trinajstić information content (AvgIpc) is 2.74. The van der Waals surface area contributed by atoms with Gasteiger partial charge in [-0.05, 0) is 63.0 Å². The Morgan fingerprint density at radius 3 is 2.38 bits per heavy atom. The number of carbonyl (C=O) groups is 2. The number of ether oxygens (including phenoxy) is 1. The minimum absolute atomic E-state index is 0.0668. The molecule has 29 heavy (non-hydrogen) atoms. The number of carbonyl (C=O) groups excluding carboxylic acids is 2. The fourth-order valence-electron chi connectivity index (χ4n) is 3.92. The number of hydrogen-bond donors (Lipinski definition) is 2. The van der Waals surface area contributed by atoms with Crippen molar-refractivity contribution in [1.29, 1.82) is 0 Å². The quantitative estimate of drug-likeness (QED) is 0.708. The van der Waals surface area contributed by atoms with Gasteiger partial charge in [-0.2, -0.15) is 0 Å². The van der Waals surface area contributed by atoms with E-state index in [1.54, 1.807) is 31.4 Å². The number of aryl methyl sites for hydroxylation is 2. The normalized spacial score (nSPS) is 15.7. The molecule has 0 aliphatic carbocycles. The van der Waals surface area contributed by atoms with E-state index in [9.17, 15) is 9.59 Å². The number of piperidine rings is 1. The van der Waals surface area contributed by atoms with E-state index in [-0.39, 0.29) is 17.1 Å². The van der Waals surface area contributed by atoms with Crippen molar-refractivity contribution in [3.8, 4) is 0 Å². The van der Waals surface area contributed by atoms with Gasteiger partial charge in [-0.25, -0.2) is 0 Å². The number of methoxy groups -OCH3 is 1. The summed E-state index contributed by atoms with van der Waals surface area (Å²) in [5, 5.41) is 6.42. The molecule has 1 aliphatic heterocycles. The zero-order chi connectivity index (χ0) is 20.9. The molecule has 2 aromatic carbocycles. The molecule has 5 heteroatoms. The van der Waals surface area contributed by atoms with Crippen LogP contribution in [0.3, 0.4) is 0 Å². The van der Waals surface area contributed by atoms with Crippen molar-refractivity contribution in [3.63, 3.8) is 0 Å².